The number of aliphatic hydroxyl groups excluding tert-OH is 1. The summed E-state index contributed by atoms with van der Waals surface area (Å²) in [6.07, 6.45) is -1.59. The van der Waals surface area contributed by atoms with Crippen molar-refractivity contribution in [2.75, 3.05) is 0 Å². The maximum absolute atomic E-state index is 12.6. The number of aliphatic hydroxyl groups is 1. The normalized spacial score (nSPS) is 28.6. The Labute approximate surface area is 116 Å². The minimum atomic E-state index is -4.44. The zero-order chi connectivity index (χ0) is 15.1. The molecule has 1 saturated carbocycles. The predicted octanol–water partition coefficient (Wildman–Crippen LogP) is 3.65. The van der Waals surface area contributed by atoms with Crippen molar-refractivity contribution in [3.05, 3.63) is 18.0 Å². The van der Waals surface area contributed by atoms with Crippen molar-refractivity contribution in [3.8, 4) is 0 Å². The Bertz CT molecular complexity index is 462. The van der Waals surface area contributed by atoms with Crippen LogP contribution < -0.4 is 0 Å². The van der Waals surface area contributed by atoms with Crippen LogP contribution in [0.25, 0.3) is 0 Å². The molecule has 2 rings (SSSR count). The second-order valence-electron chi connectivity index (χ2n) is 6.69. The number of nitrogens with zero attached hydrogens (tertiary/aromatic N) is 2. The topological polar surface area (TPSA) is 38.0 Å². The molecule has 0 amide bonds. The Hall–Kier alpha value is -1.04. The molecule has 0 aromatic carbocycles. The summed E-state index contributed by atoms with van der Waals surface area (Å²) in [6, 6.07) is 0.594. The molecule has 1 N–H and O–H groups in total. The molecule has 1 heterocycles. The zero-order valence-electron chi connectivity index (χ0n) is 12.0. The lowest BCUT2D eigenvalue weighted by Gasteiger charge is -2.40. The van der Waals surface area contributed by atoms with Crippen molar-refractivity contribution >= 4 is 0 Å². The van der Waals surface area contributed by atoms with Crippen molar-refractivity contribution in [2.45, 2.75) is 58.4 Å². The van der Waals surface area contributed by atoms with Crippen molar-refractivity contribution in [1.82, 2.24) is 9.78 Å². The van der Waals surface area contributed by atoms with Gasteiger partial charge in [-0.05, 0) is 36.7 Å². The zero-order valence-corrected chi connectivity index (χ0v) is 12.0. The average Bonchev–Trinajstić information content (AvgIpc) is 2.76. The fourth-order valence-corrected chi connectivity index (χ4v) is 2.88. The molecule has 0 bridgehead atoms. The first-order valence-electron chi connectivity index (χ1n) is 6.89. The van der Waals surface area contributed by atoms with E-state index < -0.39 is 18.0 Å². The van der Waals surface area contributed by atoms with Gasteiger partial charge in [-0.1, -0.05) is 20.8 Å². The lowest BCUT2D eigenvalue weighted by molar-refractivity contribution is -0.141. The number of halogens is 3. The third-order valence-corrected chi connectivity index (χ3v) is 4.24. The van der Waals surface area contributed by atoms with Gasteiger partial charge in [0.2, 0.25) is 0 Å². The van der Waals surface area contributed by atoms with Gasteiger partial charge < -0.3 is 5.11 Å². The van der Waals surface area contributed by atoms with Gasteiger partial charge in [-0.15, -0.1) is 0 Å². The maximum atomic E-state index is 12.6. The van der Waals surface area contributed by atoms with Crippen LogP contribution in [0.4, 0.5) is 13.2 Å². The molecule has 114 valence electrons. The van der Waals surface area contributed by atoms with Crippen LogP contribution in [0.15, 0.2) is 12.3 Å². The largest absolute Gasteiger partial charge is 0.435 e. The molecule has 1 aliphatic rings. The third-order valence-electron chi connectivity index (χ3n) is 4.24. The number of aromatic nitrogens is 2. The lowest BCUT2D eigenvalue weighted by Crippen LogP contribution is -2.36. The Morgan fingerprint density at radius 1 is 1.25 bits per heavy atom. The Kier molecular flexibility index (Phi) is 3.88. The molecule has 0 aliphatic heterocycles. The molecule has 0 spiro atoms. The summed E-state index contributed by atoms with van der Waals surface area (Å²) in [4.78, 5) is 0. The summed E-state index contributed by atoms with van der Waals surface area (Å²) in [5, 5.41) is 13.7. The standard InChI is InChI=1S/C14H21F3N2O/c1-13(2,3)9-4-5-11(20)10(8-9)19-7-6-12(18-19)14(15,16)17/h6-7,9-11,20H,4-5,8H2,1-3H3. The second-order valence-corrected chi connectivity index (χ2v) is 6.69. The number of hydrogen-bond acceptors (Lipinski definition) is 2. The highest BCUT2D eigenvalue weighted by atomic mass is 19.4. The summed E-state index contributed by atoms with van der Waals surface area (Å²) >= 11 is 0. The van der Waals surface area contributed by atoms with Crippen LogP contribution in [-0.2, 0) is 6.18 Å². The lowest BCUT2D eigenvalue weighted by atomic mass is 9.70. The SMILES string of the molecule is CC(C)(C)C1CCC(O)C(n2ccc(C(F)(F)F)n2)C1. The molecule has 0 saturated heterocycles. The molecule has 3 nitrogen and oxygen atoms in total. The molecule has 3 unspecified atom stereocenters. The minimum Gasteiger partial charge on any atom is -0.391 e. The van der Waals surface area contributed by atoms with E-state index in [1.54, 1.807) is 0 Å². The number of alkyl halides is 3. The van der Waals surface area contributed by atoms with Gasteiger partial charge in [0.05, 0.1) is 12.1 Å². The Balaban J connectivity index is 2.20. The molecular formula is C14H21F3N2O. The molecular weight excluding hydrogens is 269 g/mol. The van der Waals surface area contributed by atoms with E-state index in [1.165, 1.54) is 10.9 Å². The van der Waals surface area contributed by atoms with Crippen LogP contribution in [0.2, 0.25) is 0 Å². The van der Waals surface area contributed by atoms with Gasteiger partial charge in [-0.3, -0.25) is 4.68 Å². The molecule has 3 atom stereocenters. The Morgan fingerprint density at radius 2 is 1.90 bits per heavy atom. The van der Waals surface area contributed by atoms with Crippen molar-refractivity contribution in [1.29, 1.82) is 0 Å². The van der Waals surface area contributed by atoms with E-state index in [2.05, 4.69) is 25.9 Å². The molecule has 1 aromatic rings. The fourth-order valence-electron chi connectivity index (χ4n) is 2.88. The molecule has 1 fully saturated rings. The van der Waals surface area contributed by atoms with Crippen LogP contribution in [0.1, 0.15) is 51.8 Å². The molecule has 1 aliphatic carbocycles. The van der Waals surface area contributed by atoms with Crippen molar-refractivity contribution in [2.24, 2.45) is 11.3 Å². The highest BCUT2D eigenvalue weighted by Crippen LogP contribution is 2.42. The van der Waals surface area contributed by atoms with Gasteiger partial charge >= 0.3 is 6.18 Å². The molecule has 1 aromatic heterocycles. The quantitative estimate of drug-likeness (QED) is 0.857. The number of rotatable bonds is 1. The van der Waals surface area contributed by atoms with Crippen LogP contribution in [0.5, 0.6) is 0 Å². The summed E-state index contributed by atoms with van der Waals surface area (Å²) < 4.78 is 39.1. The first kappa shape index (κ1) is 15.4. The van der Waals surface area contributed by atoms with E-state index in [0.717, 1.165) is 12.5 Å². The monoisotopic (exact) mass is 290 g/mol. The van der Waals surface area contributed by atoms with Crippen LogP contribution in [0.3, 0.4) is 0 Å². The van der Waals surface area contributed by atoms with Gasteiger partial charge in [0, 0.05) is 6.20 Å². The highest BCUT2D eigenvalue weighted by Gasteiger charge is 2.38. The van der Waals surface area contributed by atoms with E-state index in [1.807, 2.05) is 0 Å². The van der Waals surface area contributed by atoms with Crippen LogP contribution in [-0.4, -0.2) is 21.0 Å². The van der Waals surface area contributed by atoms with E-state index >= 15 is 0 Å². The summed E-state index contributed by atoms with van der Waals surface area (Å²) in [5.41, 5.74) is -0.819. The van der Waals surface area contributed by atoms with Crippen molar-refractivity contribution < 1.29 is 18.3 Å². The van der Waals surface area contributed by atoms with Crippen LogP contribution in [0, 0.1) is 11.3 Å². The minimum absolute atomic E-state index is 0.0817. The molecule has 20 heavy (non-hydrogen) atoms. The molecule has 0 radical (unpaired) electrons. The summed E-state index contributed by atoms with van der Waals surface area (Å²) in [7, 11) is 0. The first-order valence-corrected chi connectivity index (χ1v) is 6.89. The van der Waals surface area contributed by atoms with E-state index in [4.69, 9.17) is 0 Å². The Morgan fingerprint density at radius 3 is 2.40 bits per heavy atom. The van der Waals surface area contributed by atoms with Crippen molar-refractivity contribution in [3.63, 3.8) is 0 Å². The third kappa shape index (κ3) is 3.16. The van der Waals surface area contributed by atoms with E-state index in [9.17, 15) is 18.3 Å². The highest BCUT2D eigenvalue weighted by molar-refractivity contribution is 5.05. The maximum Gasteiger partial charge on any atom is 0.435 e. The number of hydrogen-bond donors (Lipinski definition) is 1. The van der Waals surface area contributed by atoms with Crippen LogP contribution >= 0.6 is 0 Å². The van der Waals surface area contributed by atoms with Gasteiger partial charge in [0.1, 0.15) is 0 Å². The average molecular weight is 290 g/mol. The smallest absolute Gasteiger partial charge is 0.391 e. The second kappa shape index (κ2) is 5.06. The van der Waals surface area contributed by atoms with Gasteiger partial charge in [-0.25, -0.2) is 0 Å². The fraction of sp³-hybridized carbons (Fsp3) is 0.786. The first-order chi connectivity index (χ1) is 9.09. The van der Waals surface area contributed by atoms with E-state index in [-0.39, 0.29) is 11.5 Å². The summed E-state index contributed by atoms with van der Waals surface area (Å²) in [5.74, 6) is 0.370. The van der Waals surface area contributed by atoms with Gasteiger partial charge in [-0.2, -0.15) is 18.3 Å². The van der Waals surface area contributed by atoms with Gasteiger partial charge in [0.25, 0.3) is 0 Å². The molecule has 6 heteroatoms. The van der Waals surface area contributed by atoms with E-state index in [0.29, 0.717) is 18.8 Å². The predicted molar refractivity (Wildman–Crippen MR) is 69.1 cm³/mol. The van der Waals surface area contributed by atoms with Gasteiger partial charge in [0.15, 0.2) is 5.69 Å². The summed E-state index contributed by atoms with van der Waals surface area (Å²) in [6.45, 7) is 6.37.